The predicted molar refractivity (Wildman–Crippen MR) is 35.5 cm³/mol. The highest BCUT2D eigenvalue weighted by molar-refractivity contribution is 14.1. The number of halogens is 1. The first-order valence-electron chi connectivity index (χ1n) is 1.89. The molecule has 0 bridgehead atoms. The van der Waals surface area contributed by atoms with Crippen molar-refractivity contribution in [2.45, 2.75) is 17.4 Å². The number of alkyl halides is 1. The summed E-state index contributed by atoms with van der Waals surface area (Å²) in [6.07, 6.45) is 0. The molecule has 6 heavy (non-hydrogen) atoms. The lowest BCUT2D eigenvalue weighted by atomic mass is 10.4. The molecule has 1 atom stereocenters. The standard InChI is InChI=1S/C4H6IN/c1-3-4(2,5)6-3/h1-2H3. The van der Waals surface area contributed by atoms with Gasteiger partial charge in [-0.15, -0.1) is 0 Å². The first kappa shape index (κ1) is 4.56. The molecule has 0 fully saturated rings. The van der Waals surface area contributed by atoms with E-state index in [1.807, 2.05) is 6.92 Å². The molecule has 0 aromatic heterocycles. The second-order valence-electron chi connectivity index (χ2n) is 1.65. The van der Waals surface area contributed by atoms with Gasteiger partial charge in [0.1, 0.15) is 3.55 Å². The summed E-state index contributed by atoms with van der Waals surface area (Å²) < 4.78 is 0.220. The van der Waals surface area contributed by atoms with Crippen LogP contribution in [0, 0.1) is 0 Å². The average Bonchev–Trinajstić information content (AvgIpc) is 1.73. The van der Waals surface area contributed by atoms with E-state index >= 15 is 0 Å². The molecule has 1 nitrogen and oxygen atoms in total. The van der Waals surface area contributed by atoms with Crippen molar-refractivity contribution in [1.82, 2.24) is 0 Å². The number of hydrogen-bond donors (Lipinski definition) is 0. The molecule has 0 saturated heterocycles. The Morgan fingerprint density at radius 3 is 2.00 bits per heavy atom. The molecule has 0 amide bonds. The SMILES string of the molecule is CC1=NC1(C)I. The van der Waals surface area contributed by atoms with Gasteiger partial charge in [0.05, 0.1) is 0 Å². The highest BCUT2D eigenvalue weighted by atomic mass is 127. The largest absolute Gasteiger partial charge is 0.268 e. The lowest BCUT2D eigenvalue weighted by Crippen LogP contribution is -1.96. The lowest BCUT2D eigenvalue weighted by molar-refractivity contribution is 1.11. The van der Waals surface area contributed by atoms with Gasteiger partial charge in [0, 0.05) is 5.71 Å². The summed E-state index contributed by atoms with van der Waals surface area (Å²) in [4.78, 5) is 4.09. The summed E-state index contributed by atoms with van der Waals surface area (Å²) in [5.74, 6) is 0. The van der Waals surface area contributed by atoms with Crippen molar-refractivity contribution in [3.63, 3.8) is 0 Å². The van der Waals surface area contributed by atoms with E-state index in [2.05, 4.69) is 34.5 Å². The maximum atomic E-state index is 4.09. The van der Waals surface area contributed by atoms with Crippen molar-refractivity contribution in [3.8, 4) is 0 Å². The molecule has 0 N–H and O–H groups in total. The van der Waals surface area contributed by atoms with Gasteiger partial charge in [0.15, 0.2) is 0 Å². The van der Waals surface area contributed by atoms with Gasteiger partial charge in [-0.2, -0.15) is 0 Å². The van der Waals surface area contributed by atoms with Crippen LogP contribution in [0.5, 0.6) is 0 Å². The van der Waals surface area contributed by atoms with Crippen molar-refractivity contribution in [1.29, 1.82) is 0 Å². The minimum absolute atomic E-state index is 0.220. The Morgan fingerprint density at radius 1 is 1.83 bits per heavy atom. The van der Waals surface area contributed by atoms with E-state index in [1.165, 1.54) is 5.71 Å². The smallest absolute Gasteiger partial charge is 0.146 e. The Bertz CT molecular complexity index is 104. The number of nitrogens with zero attached hydrogens (tertiary/aromatic N) is 1. The molecule has 0 aromatic rings. The molecular formula is C4H6IN. The van der Waals surface area contributed by atoms with Crippen LogP contribution >= 0.6 is 22.6 Å². The van der Waals surface area contributed by atoms with E-state index in [0.29, 0.717) is 0 Å². The maximum Gasteiger partial charge on any atom is 0.146 e. The van der Waals surface area contributed by atoms with Gasteiger partial charge in [-0.25, -0.2) is 0 Å². The average molecular weight is 195 g/mol. The van der Waals surface area contributed by atoms with Gasteiger partial charge in [-0.1, -0.05) is 0 Å². The quantitative estimate of drug-likeness (QED) is 0.316. The molecule has 1 aliphatic rings. The van der Waals surface area contributed by atoms with Crippen LogP contribution in [-0.4, -0.2) is 9.26 Å². The highest BCUT2D eigenvalue weighted by Crippen LogP contribution is 2.33. The number of aliphatic imine (C=N–C) groups is 1. The second-order valence-corrected chi connectivity index (χ2v) is 3.75. The van der Waals surface area contributed by atoms with Crippen LogP contribution in [-0.2, 0) is 0 Å². The predicted octanol–water partition coefficient (Wildman–Crippen LogP) is 1.61. The molecule has 34 valence electrons. The van der Waals surface area contributed by atoms with Crippen molar-refractivity contribution in [2.24, 2.45) is 4.99 Å². The Morgan fingerprint density at radius 2 is 2.00 bits per heavy atom. The third-order valence-corrected chi connectivity index (χ3v) is 2.01. The Kier molecular flexibility index (Phi) is 0.734. The van der Waals surface area contributed by atoms with Crippen molar-refractivity contribution in [2.75, 3.05) is 0 Å². The van der Waals surface area contributed by atoms with Crippen LogP contribution in [0.3, 0.4) is 0 Å². The molecule has 0 radical (unpaired) electrons. The zero-order valence-corrected chi connectivity index (χ0v) is 5.98. The fourth-order valence-electron chi connectivity index (χ4n) is 0.287. The Balaban J connectivity index is 2.53. The van der Waals surface area contributed by atoms with Gasteiger partial charge >= 0.3 is 0 Å². The lowest BCUT2D eigenvalue weighted by Gasteiger charge is -1.87. The first-order valence-corrected chi connectivity index (χ1v) is 2.96. The molecule has 2 heteroatoms. The van der Waals surface area contributed by atoms with Gasteiger partial charge in [-0.3, -0.25) is 4.99 Å². The molecule has 1 aliphatic heterocycles. The molecule has 0 aromatic carbocycles. The van der Waals surface area contributed by atoms with E-state index in [9.17, 15) is 0 Å². The minimum atomic E-state index is 0.220. The minimum Gasteiger partial charge on any atom is -0.268 e. The molecule has 1 heterocycles. The molecule has 1 unspecified atom stereocenters. The molecule has 0 saturated carbocycles. The fraction of sp³-hybridized carbons (Fsp3) is 0.750. The monoisotopic (exact) mass is 195 g/mol. The zero-order valence-electron chi connectivity index (χ0n) is 3.83. The van der Waals surface area contributed by atoms with Crippen molar-refractivity contribution >= 4 is 28.3 Å². The summed E-state index contributed by atoms with van der Waals surface area (Å²) >= 11 is 2.31. The second kappa shape index (κ2) is 0.967. The Labute approximate surface area is 51.0 Å². The molecule has 0 aliphatic carbocycles. The van der Waals surface area contributed by atoms with Crippen LogP contribution in [0.2, 0.25) is 0 Å². The summed E-state index contributed by atoms with van der Waals surface area (Å²) in [5, 5.41) is 0. The maximum absolute atomic E-state index is 4.09. The van der Waals surface area contributed by atoms with Crippen molar-refractivity contribution in [3.05, 3.63) is 0 Å². The molecular weight excluding hydrogens is 189 g/mol. The van der Waals surface area contributed by atoms with E-state index in [-0.39, 0.29) is 3.55 Å². The van der Waals surface area contributed by atoms with Crippen LogP contribution in [0.4, 0.5) is 0 Å². The van der Waals surface area contributed by atoms with E-state index in [0.717, 1.165) is 0 Å². The van der Waals surface area contributed by atoms with Gasteiger partial charge in [-0.05, 0) is 36.4 Å². The van der Waals surface area contributed by atoms with Crippen LogP contribution in [0.1, 0.15) is 13.8 Å². The highest BCUT2D eigenvalue weighted by Gasteiger charge is 2.34. The Hall–Kier alpha value is 0.400. The third-order valence-electron chi connectivity index (χ3n) is 0.988. The summed E-state index contributed by atoms with van der Waals surface area (Å²) in [5.41, 5.74) is 1.27. The first-order chi connectivity index (χ1) is 2.63. The van der Waals surface area contributed by atoms with E-state index < -0.39 is 0 Å². The molecule has 0 spiro atoms. The normalized spacial score (nSPS) is 42.2. The zero-order chi connectivity index (χ0) is 4.78. The van der Waals surface area contributed by atoms with E-state index in [1.54, 1.807) is 0 Å². The number of hydrogen-bond acceptors (Lipinski definition) is 1. The topological polar surface area (TPSA) is 12.4 Å². The summed E-state index contributed by atoms with van der Waals surface area (Å²) in [7, 11) is 0. The third kappa shape index (κ3) is 0.576. The van der Waals surface area contributed by atoms with Crippen LogP contribution < -0.4 is 0 Å². The fourth-order valence-corrected chi connectivity index (χ4v) is 0.649. The van der Waals surface area contributed by atoms with Gasteiger partial charge in [0.2, 0.25) is 0 Å². The molecule has 1 rings (SSSR count). The van der Waals surface area contributed by atoms with Crippen LogP contribution in [0.15, 0.2) is 4.99 Å². The summed E-state index contributed by atoms with van der Waals surface area (Å²) in [6, 6.07) is 0. The summed E-state index contributed by atoms with van der Waals surface area (Å²) in [6.45, 7) is 4.15. The van der Waals surface area contributed by atoms with E-state index in [4.69, 9.17) is 0 Å². The number of rotatable bonds is 0. The van der Waals surface area contributed by atoms with Crippen LogP contribution in [0.25, 0.3) is 0 Å². The van der Waals surface area contributed by atoms with Crippen molar-refractivity contribution < 1.29 is 0 Å². The van der Waals surface area contributed by atoms with Gasteiger partial charge in [0.25, 0.3) is 0 Å². The van der Waals surface area contributed by atoms with Gasteiger partial charge < -0.3 is 0 Å².